The highest BCUT2D eigenvalue weighted by atomic mass is 79.9. The fourth-order valence-electron chi connectivity index (χ4n) is 1.98. The summed E-state index contributed by atoms with van der Waals surface area (Å²) in [6.07, 6.45) is 0. The van der Waals surface area contributed by atoms with Crippen molar-refractivity contribution in [2.45, 2.75) is 12.6 Å². The largest absolute Gasteiger partial charge is 0.340 e. The standard InChI is InChI=1S/C16H17BrN2O/c1-19(11-12-7-9-14(17)10-8-12)16(20)15(18)13-5-3-2-4-6-13/h2-10,15H,11,18H2,1H3/t15-/m1/s1. The molecule has 0 heterocycles. The average Bonchev–Trinajstić information content (AvgIpc) is 2.49. The van der Waals surface area contributed by atoms with E-state index in [0.29, 0.717) is 6.54 Å². The molecule has 2 rings (SSSR count). The van der Waals surface area contributed by atoms with Crippen LogP contribution in [0.3, 0.4) is 0 Å². The predicted octanol–water partition coefficient (Wildman–Crippen LogP) is 3.11. The lowest BCUT2D eigenvalue weighted by Gasteiger charge is -2.21. The second-order valence-corrected chi connectivity index (χ2v) is 5.62. The van der Waals surface area contributed by atoms with Gasteiger partial charge in [0.15, 0.2) is 0 Å². The molecule has 0 aliphatic heterocycles. The Morgan fingerprint density at radius 1 is 1.15 bits per heavy atom. The molecule has 1 amide bonds. The van der Waals surface area contributed by atoms with Gasteiger partial charge in [0.05, 0.1) is 0 Å². The number of carbonyl (C=O) groups excluding carboxylic acids is 1. The first-order valence-electron chi connectivity index (χ1n) is 6.38. The van der Waals surface area contributed by atoms with Gasteiger partial charge in [0.25, 0.3) is 0 Å². The van der Waals surface area contributed by atoms with Crippen LogP contribution in [-0.4, -0.2) is 17.9 Å². The molecule has 0 fully saturated rings. The first-order valence-corrected chi connectivity index (χ1v) is 7.17. The van der Waals surface area contributed by atoms with Crippen LogP contribution in [0.1, 0.15) is 17.2 Å². The van der Waals surface area contributed by atoms with Gasteiger partial charge in [-0.25, -0.2) is 0 Å². The van der Waals surface area contributed by atoms with E-state index in [1.807, 2.05) is 54.6 Å². The van der Waals surface area contributed by atoms with E-state index in [0.717, 1.165) is 15.6 Å². The maximum Gasteiger partial charge on any atom is 0.244 e. The Morgan fingerprint density at radius 2 is 1.75 bits per heavy atom. The molecule has 1 atom stereocenters. The summed E-state index contributed by atoms with van der Waals surface area (Å²) in [6.45, 7) is 0.548. The molecule has 0 aromatic heterocycles. The summed E-state index contributed by atoms with van der Waals surface area (Å²) < 4.78 is 1.02. The Bertz CT molecular complexity index is 569. The lowest BCUT2D eigenvalue weighted by molar-refractivity contribution is -0.131. The topological polar surface area (TPSA) is 46.3 Å². The molecule has 2 aromatic carbocycles. The Labute approximate surface area is 127 Å². The molecule has 4 heteroatoms. The van der Waals surface area contributed by atoms with Crippen LogP contribution in [-0.2, 0) is 11.3 Å². The summed E-state index contributed by atoms with van der Waals surface area (Å²) in [5, 5.41) is 0. The van der Waals surface area contributed by atoms with Crippen molar-refractivity contribution in [3.05, 3.63) is 70.2 Å². The van der Waals surface area contributed by atoms with E-state index in [4.69, 9.17) is 5.73 Å². The van der Waals surface area contributed by atoms with Gasteiger partial charge in [-0.1, -0.05) is 58.4 Å². The van der Waals surface area contributed by atoms with Gasteiger partial charge < -0.3 is 10.6 Å². The number of nitrogens with two attached hydrogens (primary N) is 1. The quantitative estimate of drug-likeness (QED) is 0.935. The van der Waals surface area contributed by atoms with Crippen LogP contribution in [0.2, 0.25) is 0 Å². The monoisotopic (exact) mass is 332 g/mol. The van der Waals surface area contributed by atoms with Crippen LogP contribution >= 0.6 is 15.9 Å². The van der Waals surface area contributed by atoms with Crippen LogP contribution in [0.5, 0.6) is 0 Å². The summed E-state index contributed by atoms with van der Waals surface area (Å²) in [4.78, 5) is 14.0. The zero-order valence-electron chi connectivity index (χ0n) is 11.3. The molecular weight excluding hydrogens is 316 g/mol. The lowest BCUT2D eigenvalue weighted by atomic mass is 10.1. The smallest absolute Gasteiger partial charge is 0.244 e. The van der Waals surface area contributed by atoms with Crippen molar-refractivity contribution in [1.29, 1.82) is 0 Å². The predicted molar refractivity (Wildman–Crippen MR) is 84.0 cm³/mol. The first-order chi connectivity index (χ1) is 9.58. The highest BCUT2D eigenvalue weighted by molar-refractivity contribution is 9.10. The number of benzene rings is 2. The van der Waals surface area contributed by atoms with Crippen molar-refractivity contribution in [2.24, 2.45) is 5.73 Å². The Balaban J connectivity index is 2.03. The molecule has 2 aromatic rings. The Morgan fingerprint density at radius 3 is 2.35 bits per heavy atom. The fraction of sp³-hybridized carbons (Fsp3) is 0.188. The number of likely N-dealkylation sites (N-methyl/N-ethyl adjacent to an activating group) is 1. The molecule has 0 spiro atoms. The Kier molecular flexibility index (Phi) is 4.93. The molecule has 104 valence electrons. The third-order valence-corrected chi connectivity index (χ3v) is 3.66. The fourth-order valence-corrected chi connectivity index (χ4v) is 2.25. The maximum absolute atomic E-state index is 12.3. The zero-order chi connectivity index (χ0) is 14.5. The maximum atomic E-state index is 12.3. The van der Waals surface area contributed by atoms with Crippen molar-refractivity contribution >= 4 is 21.8 Å². The number of nitrogens with zero attached hydrogens (tertiary/aromatic N) is 1. The zero-order valence-corrected chi connectivity index (χ0v) is 12.9. The summed E-state index contributed by atoms with van der Waals surface area (Å²) >= 11 is 3.39. The van der Waals surface area contributed by atoms with Crippen LogP contribution in [0, 0.1) is 0 Å². The van der Waals surface area contributed by atoms with Crippen molar-refractivity contribution in [3.63, 3.8) is 0 Å². The van der Waals surface area contributed by atoms with Crippen LogP contribution in [0.15, 0.2) is 59.1 Å². The lowest BCUT2D eigenvalue weighted by Crippen LogP contribution is -2.35. The Hall–Kier alpha value is -1.65. The normalized spacial score (nSPS) is 11.9. The first kappa shape index (κ1) is 14.8. The highest BCUT2D eigenvalue weighted by Gasteiger charge is 2.19. The third kappa shape index (κ3) is 3.68. The van der Waals surface area contributed by atoms with E-state index in [1.54, 1.807) is 11.9 Å². The van der Waals surface area contributed by atoms with Crippen LogP contribution in [0.4, 0.5) is 0 Å². The number of hydrogen-bond acceptors (Lipinski definition) is 2. The number of hydrogen-bond donors (Lipinski definition) is 1. The number of rotatable bonds is 4. The van der Waals surface area contributed by atoms with Crippen molar-refractivity contribution in [1.82, 2.24) is 4.90 Å². The molecule has 0 aliphatic rings. The van der Waals surface area contributed by atoms with E-state index in [2.05, 4.69) is 15.9 Å². The average molecular weight is 333 g/mol. The second-order valence-electron chi connectivity index (χ2n) is 4.71. The van der Waals surface area contributed by atoms with Crippen molar-refractivity contribution in [2.75, 3.05) is 7.05 Å². The second kappa shape index (κ2) is 6.68. The summed E-state index contributed by atoms with van der Waals surface area (Å²) in [6, 6.07) is 16.7. The number of amides is 1. The summed E-state index contributed by atoms with van der Waals surface area (Å²) in [5.41, 5.74) is 7.93. The van der Waals surface area contributed by atoms with Gasteiger partial charge in [0.2, 0.25) is 5.91 Å². The number of halogens is 1. The molecule has 0 saturated carbocycles. The third-order valence-electron chi connectivity index (χ3n) is 3.13. The van der Waals surface area contributed by atoms with Gasteiger partial charge in [0.1, 0.15) is 6.04 Å². The number of carbonyl (C=O) groups is 1. The summed E-state index contributed by atoms with van der Waals surface area (Å²) in [5.74, 6) is -0.0841. The van der Waals surface area contributed by atoms with E-state index in [-0.39, 0.29) is 5.91 Å². The molecule has 20 heavy (non-hydrogen) atoms. The molecular formula is C16H17BrN2O. The van der Waals surface area contributed by atoms with Gasteiger partial charge in [-0.3, -0.25) is 4.79 Å². The van der Waals surface area contributed by atoms with Crippen LogP contribution in [0.25, 0.3) is 0 Å². The van der Waals surface area contributed by atoms with Crippen molar-refractivity contribution < 1.29 is 4.79 Å². The SMILES string of the molecule is CN(Cc1ccc(Br)cc1)C(=O)[C@H](N)c1ccccc1. The minimum absolute atomic E-state index is 0.0841. The van der Waals surface area contributed by atoms with E-state index in [9.17, 15) is 4.79 Å². The van der Waals surface area contributed by atoms with Gasteiger partial charge in [0, 0.05) is 18.1 Å². The minimum atomic E-state index is -0.614. The van der Waals surface area contributed by atoms with E-state index >= 15 is 0 Å². The van der Waals surface area contributed by atoms with E-state index < -0.39 is 6.04 Å². The van der Waals surface area contributed by atoms with Gasteiger partial charge in [-0.2, -0.15) is 0 Å². The molecule has 2 N–H and O–H groups in total. The molecule has 0 aliphatic carbocycles. The van der Waals surface area contributed by atoms with Gasteiger partial charge in [-0.15, -0.1) is 0 Å². The molecule has 0 radical (unpaired) electrons. The molecule has 0 unspecified atom stereocenters. The summed E-state index contributed by atoms with van der Waals surface area (Å²) in [7, 11) is 1.77. The molecule has 3 nitrogen and oxygen atoms in total. The van der Waals surface area contributed by atoms with Gasteiger partial charge >= 0.3 is 0 Å². The van der Waals surface area contributed by atoms with Crippen molar-refractivity contribution in [3.8, 4) is 0 Å². The highest BCUT2D eigenvalue weighted by Crippen LogP contribution is 2.15. The molecule has 0 bridgehead atoms. The van der Waals surface area contributed by atoms with Gasteiger partial charge in [-0.05, 0) is 23.3 Å². The minimum Gasteiger partial charge on any atom is -0.340 e. The van der Waals surface area contributed by atoms with E-state index in [1.165, 1.54) is 0 Å². The van der Waals surface area contributed by atoms with Crippen LogP contribution < -0.4 is 5.73 Å². The molecule has 0 saturated heterocycles.